The van der Waals surface area contributed by atoms with E-state index in [0.717, 1.165) is 36.7 Å². The summed E-state index contributed by atoms with van der Waals surface area (Å²) in [7, 11) is -3.19. The molecule has 0 radical (unpaired) electrons. The van der Waals surface area contributed by atoms with Gasteiger partial charge in [0.1, 0.15) is 12.1 Å². The van der Waals surface area contributed by atoms with Gasteiger partial charge >= 0.3 is 0 Å². The molecule has 7 nitrogen and oxygen atoms in total. The zero-order chi connectivity index (χ0) is 19.6. The molecule has 0 unspecified atom stereocenters. The van der Waals surface area contributed by atoms with Crippen LogP contribution in [0.5, 0.6) is 0 Å². The first-order chi connectivity index (χ1) is 13.5. The zero-order valence-corrected chi connectivity index (χ0v) is 16.2. The van der Waals surface area contributed by atoms with E-state index in [1.54, 1.807) is 24.7 Å². The average molecular weight is 398 g/mol. The molecule has 0 aliphatic heterocycles. The number of benzene rings is 1. The smallest absolute Gasteiger partial charge is 0.225 e. The first kappa shape index (κ1) is 18.6. The number of hydrogen-bond acceptors (Lipinski definition) is 5. The minimum Gasteiger partial charge on any atom is -0.325 e. The van der Waals surface area contributed by atoms with Crippen molar-refractivity contribution in [2.45, 2.75) is 37.4 Å². The highest BCUT2D eigenvalue weighted by atomic mass is 32.2. The van der Waals surface area contributed by atoms with Gasteiger partial charge < -0.3 is 5.32 Å². The van der Waals surface area contributed by atoms with Crippen molar-refractivity contribution in [1.29, 1.82) is 0 Å². The van der Waals surface area contributed by atoms with E-state index in [1.807, 2.05) is 28.8 Å². The van der Waals surface area contributed by atoms with Crippen LogP contribution < -0.4 is 5.32 Å². The second-order valence-electron chi connectivity index (χ2n) is 7.08. The maximum Gasteiger partial charge on any atom is 0.225 e. The monoisotopic (exact) mass is 398 g/mol. The van der Waals surface area contributed by atoms with Crippen LogP contribution >= 0.6 is 0 Å². The minimum absolute atomic E-state index is 0.0350. The number of hydrogen-bond donors (Lipinski definition) is 1. The number of rotatable bonds is 6. The number of anilines is 1. The Morgan fingerprint density at radius 3 is 2.64 bits per heavy atom. The molecule has 0 saturated heterocycles. The van der Waals surface area contributed by atoms with Gasteiger partial charge in [-0.3, -0.25) is 9.36 Å². The lowest BCUT2D eigenvalue weighted by atomic mass is 10.3. The molecule has 2 aromatic heterocycles. The van der Waals surface area contributed by atoms with Gasteiger partial charge in [-0.1, -0.05) is 25.0 Å². The van der Waals surface area contributed by atoms with E-state index in [1.165, 1.54) is 0 Å². The number of para-hydroxylation sites is 2. The number of nitrogens with zero attached hydrogens (tertiary/aromatic N) is 3. The summed E-state index contributed by atoms with van der Waals surface area (Å²) in [6, 6.07) is 11.3. The molecule has 2 heterocycles. The van der Waals surface area contributed by atoms with Crippen molar-refractivity contribution >= 4 is 32.5 Å². The molecule has 146 valence electrons. The molecule has 1 fully saturated rings. The SMILES string of the molecule is O=C(CCS(=O)(=O)C1CCCC1)Nc1ccc(-n2cnc3ccccc32)nc1. The van der Waals surface area contributed by atoms with E-state index in [-0.39, 0.29) is 23.3 Å². The molecule has 1 aliphatic carbocycles. The predicted octanol–water partition coefficient (Wildman–Crippen LogP) is 3.11. The first-order valence-electron chi connectivity index (χ1n) is 9.43. The first-order valence-corrected chi connectivity index (χ1v) is 11.1. The molecule has 1 aliphatic rings. The van der Waals surface area contributed by atoms with Crippen LogP contribution in [0.2, 0.25) is 0 Å². The van der Waals surface area contributed by atoms with Crippen molar-refractivity contribution in [2.75, 3.05) is 11.1 Å². The fourth-order valence-corrected chi connectivity index (χ4v) is 5.47. The van der Waals surface area contributed by atoms with Crippen LogP contribution in [0.25, 0.3) is 16.9 Å². The predicted molar refractivity (Wildman–Crippen MR) is 108 cm³/mol. The molecule has 1 N–H and O–H groups in total. The van der Waals surface area contributed by atoms with Gasteiger partial charge in [0.25, 0.3) is 0 Å². The van der Waals surface area contributed by atoms with Crippen LogP contribution in [0.15, 0.2) is 48.9 Å². The minimum atomic E-state index is -3.19. The number of amides is 1. The highest BCUT2D eigenvalue weighted by Gasteiger charge is 2.28. The third-order valence-corrected chi connectivity index (χ3v) is 7.42. The molecule has 1 amide bonds. The molecule has 0 atom stereocenters. The van der Waals surface area contributed by atoms with Gasteiger partial charge in [0.2, 0.25) is 5.91 Å². The number of aromatic nitrogens is 3. The lowest BCUT2D eigenvalue weighted by molar-refractivity contribution is -0.115. The molecule has 8 heteroatoms. The Morgan fingerprint density at radius 1 is 1.11 bits per heavy atom. The number of nitrogens with one attached hydrogen (secondary N) is 1. The Morgan fingerprint density at radius 2 is 1.89 bits per heavy atom. The van der Waals surface area contributed by atoms with E-state index in [2.05, 4.69) is 15.3 Å². The number of carbonyl (C=O) groups is 1. The normalized spacial score (nSPS) is 15.1. The summed E-state index contributed by atoms with van der Waals surface area (Å²) in [4.78, 5) is 20.9. The van der Waals surface area contributed by atoms with Crippen LogP contribution in [0.3, 0.4) is 0 Å². The molecule has 1 aromatic carbocycles. The van der Waals surface area contributed by atoms with Crippen molar-refractivity contribution in [1.82, 2.24) is 14.5 Å². The maximum absolute atomic E-state index is 12.3. The second kappa shape index (κ2) is 7.71. The van der Waals surface area contributed by atoms with Gasteiger partial charge in [0.15, 0.2) is 9.84 Å². The number of pyridine rings is 1. The summed E-state index contributed by atoms with van der Waals surface area (Å²) in [6.07, 6.45) is 6.59. The molecular weight excluding hydrogens is 376 g/mol. The summed E-state index contributed by atoms with van der Waals surface area (Å²) in [5, 5.41) is 2.45. The number of fused-ring (bicyclic) bond motifs is 1. The van der Waals surface area contributed by atoms with Crippen molar-refractivity contribution in [3.8, 4) is 5.82 Å². The fourth-order valence-electron chi connectivity index (χ4n) is 3.62. The summed E-state index contributed by atoms with van der Waals surface area (Å²) in [5.41, 5.74) is 2.37. The summed E-state index contributed by atoms with van der Waals surface area (Å²) in [5.74, 6) is 0.274. The third-order valence-electron chi connectivity index (χ3n) is 5.16. The van der Waals surface area contributed by atoms with E-state index in [4.69, 9.17) is 0 Å². The third kappa shape index (κ3) is 3.91. The Balaban J connectivity index is 1.38. The molecule has 0 bridgehead atoms. The Labute approximate surface area is 163 Å². The van der Waals surface area contributed by atoms with Crippen molar-refractivity contribution in [2.24, 2.45) is 0 Å². The van der Waals surface area contributed by atoms with Gasteiger partial charge in [-0.15, -0.1) is 0 Å². The van der Waals surface area contributed by atoms with Crippen LogP contribution in [0.4, 0.5) is 5.69 Å². The molecular formula is C20H22N4O3S. The highest BCUT2D eigenvalue weighted by molar-refractivity contribution is 7.92. The van der Waals surface area contributed by atoms with Crippen molar-refractivity contribution in [3.05, 3.63) is 48.9 Å². The van der Waals surface area contributed by atoms with Gasteiger partial charge in [-0.2, -0.15) is 0 Å². The summed E-state index contributed by atoms with van der Waals surface area (Å²) >= 11 is 0. The molecule has 28 heavy (non-hydrogen) atoms. The van der Waals surface area contributed by atoms with Gasteiger partial charge in [0.05, 0.1) is 33.9 Å². The largest absolute Gasteiger partial charge is 0.325 e. The average Bonchev–Trinajstić information content (AvgIpc) is 3.38. The van der Waals surface area contributed by atoms with E-state index in [0.29, 0.717) is 11.5 Å². The zero-order valence-electron chi connectivity index (χ0n) is 15.4. The van der Waals surface area contributed by atoms with Gasteiger partial charge in [-0.05, 0) is 37.1 Å². The molecule has 4 rings (SSSR count). The van der Waals surface area contributed by atoms with Crippen LogP contribution in [0.1, 0.15) is 32.1 Å². The highest BCUT2D eigenvalue weighted by Crippen LogP contribution is 2.25. The second-order valence-corrected chi connectivity index (χ2v) is 9.48. The fraction of sp³-hybridized carbons (Fsp3) is 0.350. The Kier molecular flexibility index (Phi) is 5.13. The topological polar surface area (TPSA) is 94.0 Å². The standard InChI is InChI=1S/C20H22N4O3S/c25-20(11-12-28(26,27)16-5-1-2-6-16)23-15-9-10-19(21-13-15)24-14-22-17-7-3-4-8-18(17)24/h3-4,7-10,13-14,16H,1-2,5-6,11-12H2,(H,23,25). The van der Waals surface area contributed by atoms with Gasteiger partial charge in [0, 0.05) is 6.42 Å². The van der Waals surface area contributed by atoms with Crippen molar-refractivity contribution < 1.29 is 13.2 Å². The van der Waals surface area contributed by atoms with E-state index >= 15 is 0 Å². The lowest BCUT2D eigenvalue weighted by Gasteiger charge is -2.11. The van der Waals surface area contributed by atoms with E-state index in [9.17, 15) is 13.2 Å². The Bertz CT molecular complexity index is 1080. The van der Waals surface area contributed by atoms with Gasteiger partial charge in [-0.25, -0.2) is 18.4 Å². The van der Waals surface area contributed by atoms with Crippen molar-refractivity contribution in [3.63, 3.8) is 0 Å². The maximum atomic E-state index is 12.3. The number of imidazole rings is 1. The summed E-state index contributed by atoms with van der Waals surface area (Å²) in [6.45, 7) is 0. The Hall–Kier alpha value is -2.74. The van der Waals surface area contributed by atoms with Crippen LogP contribution in [-0.2, 0) is 14.6 Å². The molecule has 0 spiro atoms. The van der Waals surface area contributed by atoms with Crippen LogP contribution in [-0.4, -0.2) is 39.9 Å². The molecule has 1 saturated carbocycles. The van der Waals surface area contributed by atoms with E-state index < -0.39 is 9.84 Å². The quantitative estimate of drug-likeness (QED) is 0.688. The summed E-state index contributed by atoms with van der Waals surface area (Å²) < 4.78 is 26.4. The number of carbonyl (C=O) groups excluding carboxylic acids is 1. The van der Waals surface area contributed by atoms with Crippen LogP contribution in [0, 0.1) is 0 Å². The molecule has 3 aromatic rings. The number of sulfone groups is 1. The lowest BCUT2D eigenvalue weighted by Crippen LogP contribution is -2.24.